The zero-order valence-electron chi connectivity index (χ0n) is 17.0. The number of rotatable bonds is 5. The van der Waals surface area contributed by atoms with Crippen molar-refractivity contribution in [3.05, 3.63) is 70.0 Å². The number of halogens is 2. The van der Waals surface area contributed by atoms with E-state index in [1.165, 1.54) is 28.4 Å². The number of hydrogen-bond acceptors (Lipinski definition) is 5. The molecule has 0 saturated carbocycles. The number of urea groups is 1. The Morgan fingerprint density at radius 3 is 2.72 bits per heavy atom. The van der Waals surface area contributed by atoms with Crippen molar-refractivity contribution in [1.29, 1.82) is 5.26 Å². The predicted octanol–water partition coefficient (Wildman–Crippen LogP) is 4.61. The van der Waals surface area contributed by atoms with Crippen LogP contribution in [0.5, 0.6) is 11.5 Å². The number of ether oxygens (including phenoxy) is 2. The third-order valence-electron chi connectivity index (χ3n) is 4.60. The molecule has 4 rings (SSSR count). The van der Waals surface area contributed by atoms with E-state index in [4.69, 9.17) is 5.26 Å². The van der Waals surface area contributed by atoms with Crippen LogP contribution in [0.2, 0.25) is 0 Å². The van der Waals surface area contributed by atoms with Crippen LogP contribution in [0.15, 0.2) is 59.7 Å². The molecule has 1 aromatic heterocycles. The van der Waals surface area contributed by atoms with E-state index in [-0.39, 0.29) is 24.5 Å². The number of fused-ring (bicyclic) bond motifs is 1. The van der Waals surface area contributed by atoms with Gasteiger partial charge in [-0.25, -0.2) is 4.79 Å². The van der Waals surface area contributed by atoms with Crippen LogP contribution in [-0.4, -0.2) is 28.3 Å². The number of carbonyl (C=O) groups excluding carboxylic acids is 1. The Labute approximate surface area is 186 Å². The number of aryl methyl sites for hydroxylation is 1. The minimum Gasteiger partial charge on any atom is -0.395 e. The summed E-state index contributed by atoms with van der Waals surface area (Å²) in [4.78, 5) is 20.0. The van der Waals surface area contributed by atoms with Crippen molar-refractivity contribution in [1.82, 2.24) is 9.47 Å². The first kappa shape index (κ1) is 21.5. The predicted molar refractivity (Wildman–Crippen MR) is 113 cm³/mol. The van der Waals surface area contributed by atoms with Crippen LogP contribution in [0, 0.1) is 18.3 Å². The maximum atomic E-state index is 13.4. The first-order valence-electron chi connectivity index (χ1n) is 9.68. The Morgan fingerprint density at radius 1 is 1.22 bits per heavy atom. The largest absolute Gasteiger partial charge is 0.586 e. The fraction of sp³-hybridized carbons (Fsp3) is 0.227. The van der Waals surface area contributed by atoms with Gasteiger partial charge in [0.1, 0.15) is 0 Å². The molecule has 0 fully saturated rings. The van der Waals surface area contributed by atoms with Gasteiger partial charge in [-0.2, -0.15) is 10.3 Å². The molecule has 0 radical (unpaired) electrons. The first-order valence-corrected chi connectivity index (χ1v) is 10.5. The van der Waals surface area contributed by atoms with Crippen molar-refractivity contribution >= 4 is 17.4 Å². The van der Waals surface area contributed by atoms with Crippen LogP contribution >= 0.6 is 11.3 Å². The molecule has 2 amide bonds. The Kier molecular flexibility index (Phi) is 5.92. The number of aromatic nitrogens is 1. The standard InChI is InChI=1S/C22H18F2N4O3S/c1-15-13-28(17-8-9-18-19(12-17)31-22(23,24)30-18)21(32-15)26-20(29)27(11-5-10-25)14-16-6-3-2-4-7-16/h2-4,6-9,12-13H,5,11,14H2,1H3. The molecular weight excluding hydrogens is 438 g/mol. The molecule has 1 aliphatic rings. The van der Waals surface area contributed by atoms with E-state index in [1.807, 2.05) is 43.3 Å². The van der Waals surface area contributed by atoms with Gasteiger partial charge in [0.25, 0.3) is 0 Å². The van der Waals surface area contributed by atoms with E-state index in [9.17, 15) is 13.6 Å². The molecule has 0 saturated heterocycles. The summed E-state index contributed by atoms with van der Waals surface area (Å²) >= 11 is 1.28. The lowest BCUT2D eigenvalue weighted by Gasteiger charge is -2.19. The number of nitriles is 1. The van der Waals surface area contributed by atoms with E-state index in [2.05, 4.69) is 14.5 Å². The van der Waals surface area contributed by atoms with E-state index in [0.717, 1.165) is 10.4 Å². The number of nitrogens with zero attached hydrogens (tertiary/aromatic N) is 4. The monoisotopic (exact) mass is 456 g/mol. The molecule has 7 nitrogen and oxygen atoms in total. The first-order chi connectivity index (χ1) is 15.3. The summed E-state index contributed by atoms with van der Waals surface area (Å²) in [6, 6.07) is 15.3. The van der Waals surface area contributed by atoms with Gasteiger partial charge >= 0.3 is 12.3 Å². The van der Waals surface area contributed by atoms with Crippen molar-refractivity contribution in [3.63, 3.8) is 0 Å². The van der Waals surface area contributed by atoms with Crippen molar-refractivity contribution in [2.45, 2.75) is 26.2 Å². The van der Waals surface area contributed by atoms with Crippen LogP contribution in [0.25, 0.3) is 5.69 Å². The summed E-state index contributed by atoms with van der Waals surface area (Å²) in [5.74, 6) is -0.160. The Bertz CT molecular complexity index is 1250. The van der Waals surface area contributed by atoms with Crippen LogP contribution in [0.3, 0.4) is 0 Å². The molecule has 32 heavy (non-hydrogen) atoms. The normalized spacial score (nSPS) is 14.2. The fourth-order valence-corrected chi connectivity index (χ4v) is 4.02. The second-order valence-corrected chi connectivity index (χ2v) is 8.22. The van der Waals surface area contributed by atoms with Gasteiger partial charge in [-0.1, -0.05) is 30.3 Å². The van der Waals surface area contributed by atoms with Gasteiger partial charge in [-0.3, -0.25) is 4.57 Å². The molecule has 2 aromatic carbocycles. The highest BCUT2D eigenvalue weighted by molar-refractivity contribution is 7.09. The van der Waals surface area contributed by atoms with E-state index >= 15 is 0 Å². The fourth-order valence-electron chi connectivity index (χ4n) is 3.19. The van der Waals surface area contributed by atoms with Gasteiger partial charge in [0, 0.05) is 30.2 Å². The summed E-state index contributed by atoms with van der Waals surface area (Å²) in [6.07, 6.45) is -1.78. The summed E-state index contributed by atoms with van der Waals surface area (Å²) in [6.45, 7) is 2.40. The molecule has 0 unspecified atom stereocenters. The molecule has 164 valence electrons. The maximum Gasteiger partial charge on any atom is 0.586 e. The molecule has 1 aliphatic heterocycles. The SMILES string of the molecule is Cc1cn(-c2ccc3c(c2)OC(F)(F)O3)c(=NC(=O)N(CCC#N)Cc2ccccc2)s1. The van der Waals surface area contributed by atoms with Crippen molar-refractivity contribution in [3.8, 4) is 23.3 Å². The van der Waals surface area contributed by atoms with E-state index in [0.29, 0.717) is 17.0 Å². The van der Waals surface area contributed by atoms with Gasteiger partial charge in [0.15, 0.2) is 16.3 Å². The lowest BCUT2D eigenvalue weighted by molar-refractivity contribution is -0.286. The number of benzene rings is 2. The molecule has 2 heterocycles. The minimum atomic E-state index is -3.71. The molecule has 0 aliphatic carbocycles. The molecule has 0 spiro atoms. The van der Waals surface area contributed by atoms with Crippen molar-refractivity contribution < 1.29 is 23.0 Å². The van der Waals surface area contributed by atoms with Gasteiger partial charge in [-0.05, 0) is 24.6 Å². The second-order valence-electron chi connectivity index (χ2n) is 7.00. The molecule has 3 aromatic rings. The smallest absolute Gasteiger partial charge is 0.395 e. The number of alkyl halides is 2. The summed E-state index contributed by atoms with van der Waals surface area (Å²) < 4.78 is 37.3. The van der Waals surface area contributed by atoms with Gasteiger partial charge in [0.05, 0.1) is 18.2 Å². The second kappa shape index (κ2) is 8.80. The van der Waals surface area contributed by atoms with Crippen LogP contribution < -0.4 is 14.3 Å². The van der Waals surface area contributed by atoms with Crippen LogP contribution in [0.1, 0.15) is 16.9 Å². The Hall–Kier alpha value is -3.71. The summed E-state index contributed by atoms with van der Waals surface area (Å²) in [7, 11) is 0. The van der Waals surface area contributed by atoms with Crippen molar-refractivity contribution in [2.24, 2.45) is 4.99 Å². The molecule has 10 heteroatoms. The van der Waals surface area contributed by atoms with E-state index < -0.39 is 12.3 Å². The van der Waals surface area contributed by atoms with Gasteiger partial charge < -0.3 is 14.4 Å². The lowest BCUT2D eigenvalue weighted by atomic mass is 10.2. The molecule has 0 atom stereocenters. The van der Waals surface area contributed by atoms with Gasteiger partial charge in [-0.15, -0.1) is 20.1 Å². The Balaban J connectivity index is 1.66. The number of carbonyl (C=O) groups is 1. The molecular formula is C22H18F2N4O3S. The third kappa shape index (κ3) is 4.78. The minimum absolute atomic E-state index is 0.0635. The highest BCUT2D eigenvalue weighted by Gasteiger charge is 2.43. The summed E-state index contributed by atoms with van der Waals surface area (Å²) in [5.41, 5.74) is 1.41. The van der Waals surface area contributed by atoms with E-state index in [1.54, 1.807) is 16.8 Å². The van der Waals surface area contributed by atoms with Gasteiger partial charge in [0.2, 0.25) is 0 Å². The summed E-state index contributed by atoms with van der Waals surface area (Å²) in [5, 5.41) is 8.97. The highest BCUT2D eigenvalue weighted by atomic mass is 32.1. The Morgan fingerprint density at radius 2 is 1.97 bits per heavy atom. The molecule has 0 N–H and O–H groups in total. The number of thiazole rings is 1. The molecule has 0 bridgehead atoms. The maximum absolute atomic E-state index is 13.4. The zero-order chi connectivity index (χ0) is 22.7. The third-order valence-corrected chi connectivity index (χ3v) is 5.50. The number of amides is 2. The average Bonchev–Trinajstić information content (AvgIpc) is 3.28. The highest BCUT2D eigenvalue weighted by Crippen LogP contribution is 2.41. The van der Waals surface area contributed by atoms with Crippen LogP contribution in [-0.2, 0) is 6.54 Å². The average molecular weight is 456 g/mol. The van der Waals surface area contributed by atoms with Crippen molar-refractivity contribution in [2.75, 3.05) is 6.54 Å². The van der Waals surface area contributed by atoms with Crippen LogP contribution in [0.4, 0.5) is 13.6 Å². The lowest BCUT2D eigenvalue weighted by Crippen LogP contribution is -2.31. The topological polar surface area (TPSA) is 79.8 Å². The quantitative estimate of drug-likeness (QED) is 0.562. The zero-order valence-corrected chi connectivity index (χ0v) is 17.8. The number of hydrogen-bond donors (Lipinski definition) is 0.